The molecule has 5 fully saturated rings. The Labute approximate surface area is 361 Å². The fourth-order valence-electron chi connectivity index (χ4n) is 10.1. The molecular formula is C43H52F2N12O6. The number of likely N-dealkylation sites (tertiary alicyclic amines) is 1. The van der Waals surface area contributed by atoms with Gasteiger partial charge in [-0.3, -0.25) is 33.5 Å². The van der Waals surface area contributed by atoms with Gasteiger partial charge in [0.2, 0.25) is 11.8 Å². The molecule has 334 valence electrons. The minimum atomic E-state index is -2.86. The molecule has 1 atom stereocenters. The third-order valence-corrected chi connectivity index (χ3v) is 13.6. The largest absolute Gasteiger partial charge is 0.378 e. The molecule has 0 bridgehead atoms. The molecule has 1 aliphatic carbocycles. The van der Waals surface area contributed by atoms with Crippen LogP contribution in [0, 0.1) is 5.92 Å². The van der Waals surface area contributed by atoms with Gasteiger partial charge in [0.15, 0.2) is 11.3 Å². The van der Waals surface area contributed by atoms with Crippen LogP contribution >= 0.6 is 0 Å². The van der Waals surface area contributed by atoms with E-state index in [9.17, 15) is 28.0 Å². The summed E-state index contributed by atoms with van der Waals surface area (Å²) in [6, 6.07) is 6.81. The average molecular weight is 871 g/mol. The fourth-order valence-corrected chi connectivity index (χ4v) is 10.1. The van der Waals surface area contributed by atoms with Crippen molar-refractivity contribution in [1.29, 1.82) is 0 Å². The van der Waals surface area contributed by atoms with Crippen molar-refractivity contribution in [2.24, 2.45) is 13.0 Å². The third-order valence-electron chi connectivity index (χ3n) is 13.6. The first-order chi connectivity index (χ1) is 30.6. The van der Waals surface area contributed by atoms with Gasteiger partial charge in [0.1, 0.15) is 17.4 Å². The quantitative estimate of drug-likeness (QED) is 0.185. The number of alkyl halides is 2. The molecular weight excluding hydrogens is 819 g/mol. The van der Waals surface area contributed by atoms with Crippen LogP contribution in [0.5, 0.6) is 0 Å². The van der Waals surface area contributed by atoms with Gasteiger partial charge in [-0.05, 0) is 69.1 Å². The second-order valence-corrected chi connectivity index (χ2v) is 17.5. The highest BCUT2D eigenvalue weighted by atomic mass is 19.3. The molecule has 5 aliphatic rings. The summed E-state index contributed by atoms with van der Waals surface area (Å²) in [7, 11) is 1.72. The molecule has 4 saturated heterocycles. The first-order valence-electron chi connectivity index (χ1n) is 22.1. The summed E-state index contributed by atoms with van der Waals surface area (Å²) in [5.41, 5.74) is 2.15. The maximum absolute atomic E-state index is 14.3. The van der Waals surface area contributed by atoms with E-state index in [0.717, 1.165) is 69.4 Å². The molecule has 4 aliphatic heterocycles. The average Bonchev–Trinajstić information content (AvgIpc) is 3.97. The molecule has 8 heterocycles. The van der Waals surface area contributed by atoms with Crippen molar-refractivity contribution in [3.63, 3.8) is 0 Å². The van der Waals surface area contributed by atoms with Gasteiger partial charge in [0.05, 0.1) is 60.1 Å². The van der Waals surface area contributed by atoms with Crippen molar-refractivity contribution in [1.82, 2.24) is 43.7 Å². The van der Waals surface area contributed by atoms with Crippen LogP contribution < -0.4 is 26.1 Å². The molecule has 63 heavy (non-hydrogen) atoms. The smallest absolute Gasteiger partial charge is 0.329 e. The number of anilines is 3. The molecule has 1 aromatic carbocycles. The van der Waals surface area contributed by atoms with Crippen molar-refractivity contribution in [2.75, 3.05) is 74.1 Å². The number of imide groups is 1. The van der Waals surface area contributed by atoms with E-state index >= 15 is 0 Å². The number of para-hydroxylation sites is 1. The number of halogens is 2. The lowest BCUT2D eigenvalue weighted by Crippen LogP contribution is -2.54. The number of amides is 3. The minimum absolute atomic E-state index is 0.00783. The van der Waals surface area contributed by atoms with Crippen LogP contribution in [-0.4, -0.2) is 127 Å². The molecule has 3 amide bonds. The Bertz CT molecular complexity index is 2580. The molecule has 10 rings (SSSR count). The van der Waals surface area contributed by atoms with E-state index in [-0.39, 0.29) is 47.5 Å². The number of carbonyl (C=O) groups is 3. The fraction of sp³-hybridized carbons (Fsp3) is 0.558. The summed E-state index contributed by atoms with van der Waals surface area (Å²) in [4.78, 5) is 62.8. The van der Waals surface area contributed by atoms with Crippen LogP contribution in [0.4, 0.5) is 26.0 Å². The molecule has 0 spiro atoms. The van der Waals surface area contributed by atoms with Crippen LogP contribution in [0.3, 0.4) is 0 Å². The maximum Gasteiger partial charge on any atom is 0.329 e. The van der Waals surface area contributed by atoms with Gasteiger partial charge in [-0.1, -0.05) is 6.07 Å². The Morgan fingerprint density at radius 1 is 0.968 bits per heavy atom. The number of aryl methyl sites for hydroxylation is 1. The monoisotopic (exact) mass is 870 g/mol. The molecule has 5 aromatic rings. The van der Waals surface area contributed by atoms with E-state index in [4.69, 9.17) is 9.47 Å². The number of benzene rings is 1. The summed E-state index contributed by atoms with van der Waals surface area (Å²) >= 11 is 0. The van der Waals surface area contributed by atoms with E-state index in [1.54, 1.807) is 22.5 Å². The Morgan fingerprint density at radius 3 is 2.49 bits per heavy atom. The number of fused-ring (bicyclic) bond motifs is 2. The van der Waals surface area contributed by atoms with Crippen LogP contribution in [0.2, 0.25) is 0 Å². The standard InChI is InChI=1S/C43H52F2N12O6/c1-51-38-32(3-2-4-33(38)57(43(51)61)34-9-10-36(58)49-42(34)60)54-23-29(24-54)63-28-11-14-52(15-12-28)22-26-5-7-27(8-6-26)56-25-31(37(50-56)39(44)45)47-41(59)30-21-46-55-16-13-35(48-40(30)55)53-17-19-62-20-18-53/h2-4,13,16,21,25-29,34,39H,5-12,14-15,17-20,22-24H2,1H3,(H,47,59)(H,49,58,60). The Balaban J connectivity index is 0.693. The molecule has 2 N–H and O–H groups in total. The Hall–Kier alpha value is -5.73. The minimum Gasteiger partial charge on any atom is -0.378 e. The predicted octanol–water partition coefficient (Wildman–Crippen LogP) is 3.68. The molecule has 1 unspecified atom stereocenters. The number of ether oxygens (including phenoxy) is 2. The van der Waals surface area contributed by atoms with Gasteiger partial charge < -0.3 is 29.5 Å². The number of nitrogens with one attached hydrogen (secondary N) is 2. The number of hydrogen-bond donors (Lipinski definition) is 2. The lowest BCUT2D eigenvalue weighted by atomic mass is 9.85. The van der Waals surface area contributed by atoms with Gasteiger partial charge in [-0.15, -0.1) is 0 Å². The van der Waals surface area contributed by atoms with Gasteiger partial charge >= 0.3 is 5.69 Å². The van der Waals surface area contributed by atoms with E-state index in [1.807, 2.05) is 24.3 Å². The van der Waals surface area contributed by atoms with Crippen molar-refractivity contribution >= 4 is 51.6 Å². The molecule has 18 nitrogen and oxygen atoms in total. The van der Waals surface area contributed by atoms with Crippen LogP contribution in [0.1, 0.15) is 85.9 Å². The zero-order chi connectivity index (χ0) is 43.4. The highest BCUT2D eigenvalue weighted by molar-refractivity contribution is 6.08. The Morgan fingerprint density at radius 2 is 1.75 bits per heavy atom. The van der Waals surface area contributed by atoms with Crippen LogP contribution in [0.15, 0.2) is 47.7 Å². The lowest BCUT2D eigenvalue weighted by Gasteiger charge is -2.44. The number of hydrogen-bond acceptors (Lipinski definition) is 12. The Kier molecular flexibility index (Phi) is 11.2. The summed E-state index contributed by atoms with van der Waals surface area (Å²) in [6.07, 6.45) is 7.99. The van der Waals surface area contributed by atoms with Crippen LogP contribution in [0.25, 0.3) is 16.7 Å². The van der Waals surface area contributed by atoms with Crippen molar-refractivity contribution in [3.8, 4) is 0 Å². The van der Waals surface area contributed by atoms with Gasteiger partial charge in [-0.2, -0.15) is 10.2 Å². The topological polar surface area (TPSA) is 178 Å². The first-order valence-corrected chi connectivity index (χ1v) is 22.1. The highest BCUT2D eigenvalue weighted by Crippen LogP contribution is 2.37. The first kappa shape index (κ1) is 41.3. The summed E-state index contributed by atoms with van der Waals surface area (Å²) in [5.74, 6) is -0.148. The van der Waals surface area contributed by atoms with Crippen molar-refractivity contribution < 1.29 is 32.6 Å². The normalized spacial score (nSPS) is 23.2. The van der Waals surface area contributed by atoms with E-state index < -0.39 is 30.0 Å². The number of imidazole rings is 1. The molecule has 0 radical (unpaired) electrons. The zero-order valence-electron chi connectivity index (χ0n) is 35.2. The number of rotatable bonds is 11. The van der Waals surface area contributed by atoms with Crippen molar-refractivity contribution in [3.05, 3.63) is 64.6 Å². The van der Waals surface area contributed by atoms with E-state index in [1.165, 1.54) is 21.5 Å². The summed E-state index contributed by atoms with van der Waals surface area (Å²) in [6.45, 7) is 6.83. The number of aromatic nitrogens is 7. The predicted molar refractivity (Wildman–Crippen MR) is 227 cm³/mol. The number of nitrogens with zero attached hydrogens (tertiary/aromatic N) is 10. The number of piperidine rings is 2. The molecule has 4 aromatic heterocycles. The maximum atomic E-state index is 14.3. The van der Waals surface area contributed by atoms with E-state index in [2.05, 4.69) is 40.5 Å². The second kappa shape index (κ2) is 17.1. The van der Waals surface area contributed by atoms with Gasteiger partial charge in [-0.25, -0.2) is 23.1 Å². The van der Waals surface area contributed by atoms with Gasteiger partial charge in [0.25, 0.3) is 12.3 Å². The number of morpholine rings is 1. The van der Waals surface area contributed by atoms with Crippen molar-refractivity contribution in [2.45, 2.75) is 82.1 Å². The van der Waals surface area contributed by atoms with E-state index in [0.29, 0.717) is 68.7 Å². The van der Waals surface area contributed by atoms with Gasteiger partial charge in [0, 0.05) is 71.7 Å². The third kappa shape index (κ3) is 8.07. The second-order valence-electron chi connectivity index (χ2n) is 17.5. The summed E-state index contributed by atoms with van der Waals surface area (Å²) in [5, 5.41) is 13.6. The zero-order valence-corrected chi connectivity index (χ0v) is 35.2. The molecule has 20 heteroatoms. The highest BCUT2D eigenvalue weighted by Gasteiger charge is 2.36. The SMILES string of the molecule is Cn1c(=O)n(C2CCC(=O)NC2=O)c2cccc(N3CC(OC4CCN(CC5CCC(n6cc(NC(=O)c7cnn8ccc(N9CCOCC9)nc78)c(C(F)F)n6)CC5)CC4)C3)c21. The lowest BCUT2D eigenvalue weighted by molar-refractivity contribution is -0.135. The van der Waals surface area contributed by atoms with Crippen LogP contribution in [-0.2, 0) is 26.1 Å². The summed E-state index contributed by atoms with van der Waals surface area (Å²) < 4.78 is 46.8. The number of carbonyl (C=O) groups excluding carboxylic acids is 3. The molecule has 1 saturated carbocycles.